The highest BCUT2D eigenvalue weighted by Gasteiger charge is 2.31. The number of fused-ring (bicyclic) bond motifs is 1. The normalized spacial score (nSPS) is 24.3. The highest BCUT2D eigenvalue weighted by Crippen LogP contribution is 2.24. The lowest BCUT2D eigenvalue weighted by Crippen LogP contribution is -2.50. The van der Waals surface area contributed by atoms with Gasteiger partial charge in [-0.15, -0.1) is 5.10 Å². The minimum absolute atomic E-state index is 0.472. The number of aryl methyl sites for hydroxylation is 1. The van der Waals surface area contributed by atoms with E-state index in [0.29, 0.717) is 12.0 Å². The minimum atomic E-state index is 0.472. The van der Waals surface area contributed by atoms with E-state index < -0.39 is 0 Å². The van der Waals surface area contributed by atoms with E-state index in [1.807, 2.05) is 17.6 Å². The second kappa shape index (κ2) is 6.72. The standard InChI is InChI=1S/C15H23N5O2S/c1-11-9-20-15(17-11)23-14(18-20)16-8-13(12-2-5-22-10-12)19-3-6-21-7-4-19/h9,12-13H,2-8,10H2,1H3,(H,16,18)/t12-,13+/m1/s1. The van der Waals surface area contributed by atoms with Gasteiger partial charge in [0.05, 0.1) is 31.7 Å². The van der Waals surface area contributed by atoms with Gasteiger partial charge in [-0.05, 0) is 13.3 Å². The Balaban J connectivity index is 1.44. The Hall–Kier alpha value is -1.22. The number of anilines is 1. The number of morpholine rings is 1. The topological polar surface area (TPSA) is 63.9 Å². The smallest absolute Gasteiger partial charge is 0.214 e. The highest BCUT2D eigenvalue weighted by atomic mass is 32.1. The van der Waals surface area contributed by atoms with Gasteiger partial charge in [0.25, 0.3) is 0 Å². The van der Waals surface area contributed by atoms with Crippen LogP contribution in [0.4, 0.5) is 5.13 Å². The van der Waals surface area contributed by atoms with Crippen molar-refractivity contribution in [1.29, 1.82) is 0 Å². The zero-order chi connectivity index (χ0) is 15.6. The van der Waals surface area contributed by atoms with Crippen LogP contribution in [0.15, 0.2) is 6.20 Å². The molecule has 0 radical (unpaired) electrons. The molecule has 7 nitrogen and oxygen atoms in total. The summed E-state index contributed by atoms with van der Waals surface area (Å²) in [4.78, 5) is 7.94. The predicted molar refractivity (Wildman–Crippen MR) is 89.2 cm³/mol. The van der Waals surface area contributed by atoms with E-state index in [2.05, 4.69) is 20.3 Å². The molecule has 2 fully saturated rings. The Labute approximate surface area is 139 Å². The van der Waals surface area contributed by atoms with Crippen LogP contribution in [-0.2, 0) is 9.47 Å². The van der Waals surface area contributed by atoms with Gasteiger partial charge >= 0.3 is 0 Å². The van der Waals surface area contributed by atoms with Gasteiger partial charge in [0.1, 0.15) is 0 Å². The van der Waals surface area contributed by atoms with Gasteiger partial charge < -0.3 is 14.8 Å². The van der Waals surface area contributed by atoms with Crippen LogP contribution in [-0.4, -0.2) is 71.6 Å². The average Bonchev–Trinajstić information content (AvgIpc) is 3.25. The van der Waals surface area contributed by atoms with E-state index in [9.17, 15) is 0 Å². The van der Waals surface area contributed by atoms with Crippen LogP contribution >= 0.6 is 11.3 Å². The first-order chi connectivity index (χ1) is 11.3. The fourth-order valence-corrected chi connectivity index (χ4v) is 4.27. The van der Waals surface area contributed by atoms with Crippen LogP contribution in [0.25, 0.3) is 4.96 Å². The van der Waals surface area contributed by atoms with Gasteiger partial charge in [0.2, 0.25) is 10.1 Å². The molecule has 0 saturated carbocycles. The Morgan fingerprint density at radius 2 is 2.22 bits per heavy atom. The van der Waals surface area contributed by atoms with E-state index in [-0.39, 0.29) is 0 Å². The van der Waals surface area contributed by atoms with Crippen molar-refractivity contribution < 1.29 is 9.47 Å². The van der Waals surface area contributed by atoms with Crippen LogP contribution in [0.1, 0.15) is 12.1 Å². The maximum atomic E-state index is 5.62. The molecule has 0 aliphatic carbocycles. The summed E-state index contributed by atoms with van der Waals surface area (Å²) in [6.07, 6.45) is 3.10. The van der Waals surface area contributed by atoms with Crippen molar-refractivity contribution >= 4 is 21.4 Å². The molecule has 2 aliphatic heterocycles. The van der Waals surface area contributed by atoms with Gasteiger partial charge in [-0.2, -0.15) is 0 Å². The third-order valence-electron chi connectivity index (χ3n) is 4.65. The number of hydrogen-bond acceptors (Lipinski definition) is 7. The summed E-state index contributed by atoms with van der Waals surface area (Å²) in [5, 5.41) is 9.02. The van der Waals surface area contributed by atoms with Crippen LogP contribution in [0.3, 0.4) is 0 Å². The lowest BCUT2D eigenvalue weighted by molar-refractivity contribution is 0.00461. The van der Waals surface area contributed by atoms with Crippen molar-refractivity contribution in [3.8, 4) is 0 Å². The number of nitrogens with one attached hydrogen (secondary N) is 1. The minimum Gasteiger partial charge on any atom is -0.381 e. The first-order valence-corrected chi connectivity index (χ1v) is 9.07. The molecule has 0 amide bonds. The molecule has 0 aromatic carbocycles. The molecule has 4 heterocycles. The molecular weight excluding hydrogens is 314 g/mol. The zero-order valence-electron chi connectivity index (χ0n) is 13.4. The molecule has 2 atom stereocenters. The van der Waals surface area contributed by atoms with E-state index in [4.69, 9.17) is 9.47 Å². The first-order valence-electron chi connectivity index (χ1n) is 8.26. The first kappa shape index (κ1) is 15.3. The van der Waals surface area contributed by atoms with Crippen molar-refractivity contribution in [2.75, 3.05) is 51.4 Å². The lowest BCUT2D eigenvalue weighted by atomic mass is 9.97. The van der Waals surface area contributed by atoms with Gasteiger partial charge in [0, 0.05) is 38.2 Å². The fourth-order valence-electron chi connectivity index (χ4n) is 3.43. The Morgan fingerprint density at radius 3 is 2.96 bits per heavy atom. The van der Waals surface area contributed by atoms with Gasteiger partial charge in [-0.3, -0.25) is 4.90 Å². The van der Waals surface area contributed by atoms with Gasteiger partial charge in [-0.1, -0.05) is 11.3 Å². The van der Waals surface area contributed by atoms with Crippen LogP contribution < -0.4 is 5.32 Å². The molecule has 0 unspecified atom stereocenters. The Bertz CT molecular complexity index is 614. The summed E-state index contributed by atoms with van der Waals surface area (Å²) in [6.45, 7) is 8.29. The number of imidazole rings is 1. The van der Waals surface area contributed by atoms with E-state index in [0.717, 1.165) is 68.3 Å². The van der Waals surface area contributed by atoms with Crippen LogP contribution in [0.5, 0.6) is 0 Å². The summed E-state index contributed by atoms with van der Waals surface area (Å²) < 4.78 is 13.0. The third-order valence-corrected chi connectivity index (χ3v) is 5.53. The maximum absolute atomic E-state index is 5.62. The lowest BCUT2D eigenvalue weighted by Gasteiger charge is -2.37. The molecular formula is C15H23N5O2S. The molecule has 23 heavy (non-hydrogen) atoms. The number of hydrogen-bond donors (Lipinski definition) is 1. The zero-order valence-corrected chi connectivity index (χ0v) is 14.2. The number of ether oxygens (including phenoxy) is 2. The van der Waals surface area contributed by atoms with E-state index in [1.165, 1.54) is 0 Å². The summed E-state index contributed by atoms with van der Waals surface area (Å²) in [5.74, 6) is 0.590. The molecule has 126 valence electrons. The van der Waals surface area contributed by atoms with Crippen molar-refractivity contribution in [2.45, 2.75) is 19.4 Å². The Morgan fingerprint density at radius 1 is 1.35 bits per heavy atom. The third kappa shape index (κ3) is 3.35. The van der Waals surface area contributed by atoms with Crippen molar-refractivity contribution in [1.82, 2.24) is 19.5 Å². The van der Waals surface area contributed by atoms with Crippen molar-refractivity contribution in [2.24, 2.45) is 5.92 Å². The largest absolute Gasteiger partial charge is 0.381 e. The van der Waals surface area contributed by atoms with E-state index in [1.54, 1.807) is 11.3 Å². The molecule has 2 aromatic heterocycles. The Kier molecular flexibility index (Phi) is 4.48. The van der Waals surface area contributed by atoms with Gasteiger partial charge in [-0.25, -0.2) is 9.50 Å². The van der Waals surface area contributed by atoms with Crippen molar-refractivity contribution in [3.05, 3.63) is 11.9 Å². The number of nitrogens with zero attached hydrogens (tertiary/aromatic N) is 4. The van der Waals surface area contributed by atoms with Crippen LogP contribution in [0, 0.1) is 12.8 Å². The second-order valence-electron chi connectivity index (χ2n) is 6.24. The molecule has 8 heteroatoms. The quantitative estimate of drug-likeness (QED) is 0.886. The fraction of sp³-hybridized carbons (Fsp3) is 0.733. The highest BCUT2D eigenvalue weighted by molar-refractivity contribution is 7.20. The summed E-state index contributed by atoms with van der Waals surface area (Å²) in [6, 6.07) is 0.472. The van der Waals surface area contributed by atoms with E-state index >= 15 is 0 Å². The average molecular weight is 337 g/mol. The number of aromatic nitrogens is 3. The molecule has 0 bridgehead atoms. The molecule has 2 aliphatic rings. The summed E-state index contributed by atoms with van der Waals surface area (Å²) >= 11 is 1.60. The monoisotopic (exact) mass is 337 g/mol. The summed E-state index contributed by atoms with van der Waals surface area (Å²) in [7, 11) is 0. The molecule has 2 saturated heterocycles. The maximum Gasteiger partial charge on any atom is 0.214 e. The second-order valence-corrected chi connectivity index (χ2v) is 7.19. The molecule has 2 aromatic rings. The van der Waals surface area contributed by atoms with Gasteiger partial charge in [0.15, 0.2) is 0 Å². The SMILES string of the molecule is Cc1cn2nc(NC[C@@H]([C@@H]3CCOC3)N3CCOCC3)sc2n1. The molecule has 0 spiro atoms. The molecule has 4 rings (SSSR count). The summed E-state index contributed by atoms with van der Waals surface area (Å²) in [5.41, 5.74) is 1.00. The molecule has 1 N–H and O–H groups in total. The van der Waals surface area contributed by atoms with Crippen molar-refractivity contribution in [3.63, 3.8) is 0 Å². The predicted octanol–water partition coefficient (Wildman–Crippen LogP) is 1.25. The van der Waals surface area contributed by atoms with Crippen LogP contribution in [0.2, 0.25) is 0 Å². The number of rotatable bonds is 5.